The van der Waals surface area contributed by atoms with E-state index >= 15 is 0 Å². The first-order valence-corrected chi connectivity index (χ1v) is 17.9. The summed E-state index contributed by atoms with van der Waals surface area (Å²) in [5.41, 5.74) is 1.19. The van der Waals surface area contributed by atoms with Gasteiger partial charge in [0.25, 0.3) is 0 Å². The molecule has 1 heterocycles. The van der Waals surface area contributed by atoms with Crippen molar-refractivity contribution in [1.29, 1.82) is 0 Å². The van der Waals surface area contributed by atoms with E-state index in [0.717, 1.165) is 44.8 Å². The predicted molar refractivity (Wildman–Crippen MR) is 145 cm³/mol. The monoisotopic (exact) mass is 535 g/mol. The van der Waals surface area contributed by atoms with Crippen LogP contribution in [0.2, 0.25) is 6.04 Å². The number of piperidine rings is 1. The quantitative estimate of drug-likeness (QED) is 0.127. The summed E-state index contributed by atoms with van der Waals surface area (Å²) in [5, 5.41) is 2.25. The first-order valence-electron chi connectivity index (χ1n) is 12.7. The van der Waals surface area contributed by atoms with E-state index in [1.165, 1.54) is 37.7 Å². The lowest BCUT2D eigenvalue weighted by atomic mass is 9.82. The second-order valence-corrected chi connectivity index (χ2v) is 20.0. The van der Waals surface area contributed by atoms with Crippen molar-refractivity contribution >= 4 is 39.2 Å². The zero-order valence-electron chi connectivity index (χ0n) is 21.1. The Balaban J connectivity index is 1.73. The number of benzene rings is 1. The summed E-state index contributed by atoms with van der Waals surface area (Å²) in [4.78, 5) is 6.70. The summed E-state index contributed by atoms with van der Waals surface area (Å²) in [5.74, 6) is 0. The van der Waals surface area contributed by atoms with Gasteiger partial charge in [-0.1, -0.05) is 68.9 Å². The van der Waals surface area contributed by atoms with Crippen LogP contribution in [0.1, 0.15) is 104 Å². The van der Waals surface area contributed by atoms with Gasteiger partial charge in [0, 0.05) is 17.7 Å². The fraction of sp³-hybridized carbons (Fsp3) is 0.769. The molecule has 1 aromatic carbocycles. The van der Waals surface area contributed by atoms with Crippen molar-refractivity contribution in [2.24, 2.45) is 0 Å². The van der Waals surface area contributed by atoms with E-state index in [-0.39, 0.29) is 17.2 Å². The molecule has 0 aromatic heterocycles. The number of hydroxylamine groups is 2. The number of hydrogen-bond acceptors (Lipinski definition) is 3. The summed E-state index contributed by atoms with van der Waals surface area (Å²) in [6.07, 6.45) is 11.6. The molecule has 33 heavy (non-hydrogen) atoms. The van der Waals surface area contributed by atoms with Crippen LogP contribution >= 0.6 is 33.2 Å². The van der Waals surface area contributed by atoms with Gasteiger partial charge in [0.2, 0.25) is 0 Å². The van der Waals surface area contributed by atoms with E-state index in [9.17, 15) is 0 Å². The summed E-state index contributed by atoms with van der Waals surface area (Å²) in [7, 11) is 0. The van der Waals surface area contributed by atoms with E-state index in [1.807, 2.05) is 0 Å². The molecule has 1 fully saturated rings. The number of ether oxygens (including phenoxy) is 1. The van der Waals surface area contributed by atoms with Crippen LogP contribution in [-0.4, -0.2) is 35.4 Å². The average Bonchev–Trinajstić information content (AvgIpc) is 2.72. The Bertz CT molecular complexity index is 651. The van der Waals surface area contributed by atoms with Crippen molar-refractivity contribution in [3.05, 3.63) is 35.9 Å². The molecule has 1 unspecified atom stereocenters. The van der Waals surface area contributed by atoms with Gasteiger partial charge in [-0.15, -0.1) is 33.2 Å². The van der Waals surface area contributed by atoms with E-state index in [1.54, 1.807) is 0 Å². The highest BCUT2D eigenvalue weighted by Crippen LogP contribution is 2.40. The molecule has 0 amide bonds. The van der Waals surface area contributed by atoms with Crippen LogP contribution in [-0.2, 0) is 9.57 Å². The molecule has 190 valence electrons. The Morgan fingerprint density at radius 2 is 1.39 bits per heavy atom. The highest BCUT2D eigenvalue weighted by Gasteiger charge is 2.43. The van der Waals surface area contributed by atoms with E-state index in [4.69, 9.17) is 42.8 Å². The lowest BCUT2D eigenvalue weighted by Crippen LogP contribution is -2.58. The summed E-state index contributed by atoms with van der Waals surface area (Å²) in [6.45, 7) is 10.5. The van der Waals surface area contributed by atoms with Crippen LogP contribution in [0, 0.1) is 0 Å². The van der Waals surface area contributed by atoms with Gasteiger partial charge in [0.1, 0.15) is 6.10 Å². The van der Waals surface area contributed by atoms with Crippen molar-refractivity contribution in [2.45, 2.75) is 115 Å². The zero-order chi connectivity index (χ0) is 24.4. The molecule has 0 aliphatic carbocycles. The van der Waals surface area contributed by atoms with Crippen LogP contribution < -0.4 is 0 Å². The van der Waals surface area contributed by atoms with Crippen molar-refractivity contribution < 1.29 is 9.57 Å². The van der Waals surface area contributed by atoms with Crippen LogP contribution in [0.5, 0.6) is 0 Å². The van der Waals surface area contributed by atoms with Gasteiger partial charge in [0.15, 0.2) is 0 Å². The fourth-order valence-electron chi connectivity index (χ4n) is 4.85. The Labute approximate surface area is 217 Å². The predicted octanol–water partition coefficient (Wildman–Crippen LogP) is 9.11. The van der Waals surface area contributed by atoms with Crippen molar-refractivity contribution in [3.63, 3.8) is 0 Å². The van der Waals surface area contributed by atoms with E-state index in [2.05, 4.69) is 63.1 Å². The molecule has 1 atom stereocenters. The molecular formula is C26H44Cl3NO2Si. The molecule has 3 nitrogen and oxygen atoms in total. The molecule has 1 saturated heterocycles. The Kier molecular flexibility index (Phi) is 12.5. The standard InChI is InChI=1S/C26H44Cl3NO2Si/c1-25(2)18-15-19-26(3,4)30(25)32-24(23-16-11-10-12-17-23)22-31-20-13-8-6-5-7-9-14-21-33(27,28)29/h10-12,16-17,24H,5-9,13-15,18-22H2,1-4H3. The number of nitrogens with zero attached hydrogens (tertiary/aromatic N) is 1. The van der Waals surface area contributed by atoms with Crippen molar-refractivity contribution in [2.75, 3.05) is 13.2 Å². The first kappa shape index (κ1) is 29.4. The molecule has 1 aliphatic rings. The van der Waals surface area contributed by atoms with Gasteiger partial charge >= 0.3 is 6.00 Å². The van der Waals surface area contributed by atoms with Gasteiger partial charge in [0.05, 0.1) is 6.61 Å². The summed E-state index contributed by atoms with van der Waals surface area (Å²) in [6, 6.07) is 8.84. The maximum atomic E-state index is 6.70. The smallest absolute Gasteiger partial charge is 0.341 e. The molecule has 1 aromatic rings. The third-order valence-corrected chi connectivity index (χ3v) is 9.22. The van der Waals surface area contributed by atoms with Crippen LogP contribution in [0.25, 0.3) is 0 Å². The van der Waals surface area contributed by atoms with Crippen molar-refractivity contribution in [1.82, 2.24) is 5.06 Å². The van der Waals surface area contributed by atoms with Gasteiger partial charge < -0.3 is 4.74 Å². The van der Waals surface area contributed by atoms with Gasteiger partial charge in [-0.25, -0.2) is 0 Å². The maximum Gasteiger partial charge on any atom is 0.341 e. The lowest BCUT2D eigenvalue weighted by Gasteiger charge is -2.52. The summed E-state index contributed by atoms with van der Waals surface area (Å²) < 4.78 is 6.12. The average molecular weight is 537 g/mol. The van der Waals surface area contributed by atoms with Gasteiger partial charge in [-0.2, -0.15) is 5.06 Å². The Morgan fingerprint density at radius 1 is 0.848 bits per heavy atom. The SMILES string of the molecule is CC1(C)CCCC(C)(C)N1OC(COCCCCCCCCC[Si](Cl)(Cl)Cl)c1ccccc1. The molecule has 7 heteroatoms. The largest absolute Gasteiger partial charge is 0.378 e. The van der Waals surface area contributed by atoms with Crippen molar-refractivity contribution in [3.8, 4) is 0 Å². The third-order valence-electron chi connectivity index (χ3n) is 6.60. The minimum atomic E-state index is -2.43. The van der Waals surface area contributed by atoms with E-state index < -0.39 is 6.00 Å². The third kappa shape index (κ3) is 11.2. The maximum absolute atomic E-state index is 6.70. The lowest BCUT2D eigenvalue weighted by molar-refractivity contribution is -0.312. The number of hydrogen-bond donors (Lipinski definition) is 0. The molecule has 2 rings (SSSR count). The molecule has 0 bridgehead atoms. The highest BCUT2D eigenvalue weighted by atomic mass is 35.8. The zero-order valence-corrected chi connectivity index (χ0v) is 24.3. The minimum Gasteiger partial charge on any atom is -0.378 e. The molecule has 0 N–H and O–H groups in total. The van der Waals surface area contributed by atoms with Gasteiger partial charge in [-0.3, -0.25) is 4.84 Å². The number of unbranched alkanes of at least 4 members (excludes halogenated alkanes) is 6. The second-order valence-electron chi connectivity index (χ2n) is 10.7. The molecule has 0 spiro atoms. The molecular weight excluding hydrogens is 493 g/mol. The molecule has 0 radical (unpaired) electrons. The van der Waals surface area contributed by atoms with Crippen LogP contribution in [0.4, 0.5) is 0 Å². The molecule has 1 aliphatic heterocycles. The van der Waals surface area contributed by atoms with E-state index in [0.29, 0.717) is 6.61 Å². The minimum absolute atomic E-state index is 0.00968. The first-order chi connectivity index (χ1) is 15.5. The summed E-state index contributed by atoms with van der Waals surface area (Å²) >= 11 is 17.8. The Hall–Kier alpha value is 0.187. The second kappa shape index (κ2) is 14.1. The Morgan fingerprint density at radius 3 is 1.97 bits per heavy atom. The normalized spacial score (nSPS) is 19.5. The van der Waals surface area contributed by atoms with Gasteiger partial charge in [-0.05, 0) is 65.0 Å². The van der Waals surface area contributed by atoms with Crippen LogP contribution in [0.15, 0.2) is 30.3 Å². The highest BCUT2D eigenvalue weighted by molar-refractivity contribution is 7.64. The number of rotatable bonds is 15. The molecule has 0 saturated carbocycles. The van der Waals surface area contributed by atoms with Crippen LogP contribution in [0.3, 0.4) is 0 Å². The topological polar surface area (TPSA) is 21.7 Å². The fourth-order valence-corrected chi connectivity index (χ4v) is 6.70. The number of halogens is 3.